The fourth-order valence-corrected chi connectivity index (χ4v) is 2.90. The Bertz CT molecular complexity index is 714. The summed E-state index contributed by atoms with van der Waals surface area (Å²) in [7, 11) is 2.86. The van der Waals surface area contributed by atoms with Crippen molar-refractivity contribution in [2.75, 3.05) is 19.6 Å². The van der Waals surface area contributed by atoms with Gasteiger partial charge in [-0.15, -0.1) is 0 Å². The molecular formula is C18H32N4O3. The van der Waals surface area contributed by atoms with Crippen molar-refractivity contribution < 1.29 is 5.11 Å². The third-order valence-corrected chi connectivity index (χ3v) is 4.62. The topological polar surface area (TPSA) is 79.8 Å². The Morgan fingerprint density at radius 2 is 1.76 bits per heavy atom. The number of hydrogen-bond donors (Lipinski definition) is 1. The molecule has 1 aromatic rings. The predicted octanol–water partition coefficient (Wildman–Crippen LogP) is 1.50. The third-order valence-electron chi connectivity index (χ3n) is 4.62. The van der Waals surface area contributed by atoms with Gasteiger partial charge in [0.25, 0.3) is 5.56 Å². The molecule has 0 saturated heterocycles. The van der Waals surface area contributed by atoms with Crippen LogP contribution in [0.1, 0.15) is 52.5 Å². The Kier molecular flexibility index (Phi) is 8.09. The molecule has 0 aliphatic heterocycles. The van der Waals surface area contributed by atoms with Gasteiger partial charge in [0.05, 0.1) is 5.71 Å². The highest BCUT2D eigenvalue weighted by atomic mass is 16.3. The molecule has 0 radical (unpaired) electrons. The monoisotopic (exact) mass is 352 g/mol. The number of aliphatic imine (C=N–C) groups is 1. The Balaban J connectivity index is 3.05. The summed E-state index contributed by atoms with van der Waals surface area (Å²) in [5, 5.41) is 10.3. The van der Waals surface area contributed by atoms with E-state index in [1.54, 1.807) is 0 Å². The smallest absolute Gasteiger partial charge is 0.333 e. The lowest BCUT2D eigenvalue weighted by Gasteiger charge is -2.18. The van der Waals surface area contributed by atoms with E-state index in [9.17, 15) is 14.7 Å². The molecule has 1 rings (SSSR count). The molecule has 0 fully saturated rings. The lowest BCUT2D eigenvalue weighted by atomic mass is 10.1. The van der Waals surface area contributed by atoms with Crippen LogP contribution in [0.3, 0.4) is 0 Å². The molecule has 0 aromatic carbocycles. The predicted molar refractivity (Wildman–Crippen MR) is 102 cm³/mol. The van der Waals surface area contributed by atoms with E-state index in [1.165, 1.54) is 14.1 Å². The molecule has 1 atom stereocenters. The highest BCUT2D eigenvalue weighted by Gasteiger charge is 2.19. The number of nitrogens with zero attached hydrogens (tertiary/aromatic N) is 4. The second-order valence-electron chi connectivity index (χ2n) is 6.35. The summed E-state index contributed by atoms with van der Waals surface area (Å²) in [6.45, 7) is 11.3. The van der Waals surface area contributed by atoms with Gasteiger partial charge in [-0.1, -0.05) is 20.8 Å². The molecular weight excluding hydrogens is 320 g/mol. The van der Waals surface area contributed by atoms with Crippen LogP contribution in [0.2, 0.25) is 0 Å². The minimum atomic E-state index is -0.547. The summed E-state index contributed by atoms with van der Waals surface area (Å²) in [4.78, 5) is 31.3. The van der Waals surface area contributed by atoms with E-state index in [2.05, 4.69) is 23.7 Å². The second-order valence-corrected chi connectivity index (χ2v) is 6.35. The van der Waals surface area contributed by atoms with Crippen molar-refractivity contribution in [1.82, 2.24) is 14.0 Å². The van der Waals surface area contributed by atoms with Gasteiger partial charge in [0.2, 0.25) is 5.88 Å². The molecule has 0 aliphatic carbocycles. The number of rotatable bonds is 9. The van der Waals surface area contributed by atoms with Crippen molar-refractivity contribution in [3.05, 3.63) is 26.4 Å². The highest BCUT2D eigenvalue weighted by Crippen LogP contribution is 2.14. The Hall–Kier alpha value is -1.89. The van der Waals surface area contributed by atoms with Gasteiger partial charge in [-0.05, 0) is 45.8 Å². The van der Waals surface area contributed by atoms with Crippen LogP contribution >= 0.6 is 0 Å². The molecule has 0 spiro atoms. The first kappa shape index (κ1) is 21.2. The highest BCUT2D eigenvalue weighted by molar-refractivity contribution is 6.02. The molecule has 0 bridgehead atoms. The zero-order valence-corrected chi connectivity index (χ0v) is 16.4. The standard InChI is InChI=1S/C18H32N4O3/c1-7-14(19-13(4)11-10-12-22(8-2)9-3)15-16(23)20(5)18(25)21(6)17(15)24/h13,23H,7-12H2,1-6H3/t13-/m0/s1. The fourth-order valence-electron chi connectivity index (χ4n) is 2.90. The van der Waals surface area contributed by atoms with E-state index >= 15 is 0 Å². The fraction of sp³-hybridized carbons (Fsp3) is 0.722. The summed E-state index contributed by atoms with van der Waals surface area (Å²) in [6.07, 6.45) is 2.45. The molecule has 0 aliphatic rings. The van der Waals surface area contributed by atoms with Crippen LogP contribution in [0.4, 0.5) is 0 Å². The van der Waals surface area contributed by atoms with Gasteiger partial charge in [0.1, 0.15) is 5.56 Å². The van der Waals surface area contributed by atoms with Crippen molar-refractivity contribution in [2.45, 2.75) is 53.0 Å². The summed E-state index contributed by atoms with van der Waals surface area (Å²) in [5.74, 6) is -0.316. The molecule has 0 unspecified atom stereocenters. The Morgan fingerprint density at radius 1 is 1.16 bits per heavy atom. The maximum Gasteiger partial charge on any atom is 0.333 e. The third kappa shape index (κ3) is 5.04. The van der Waals surface area contributed by atoms with Crippen molar-refractivity contribution in [3.63, 3.8) is 0 Å². The van der Waals surface area contributed by atoms with Crippen LogP contribution in [0.5, 0.6) is 5.88 Å². The van der Waals surface area contributed by atoms with E-state index in [4.69, 9.17) is 0 Å². The summed E-state index contributed by atoms with van der Waals surface area (Å²) in [5.41, 5.74) is -0.378. The van der Waals surface area contributed by atoms with E-state index in [1.807, 2.05) is 13.8 Å². The largest absolute Gasteiger partial charge is 0.494 e. The van der Waals surface area contributed by atoms with E-state index in [-0.39, 0.29) is 17.5 Å². The summed E-state index contributed by atoms with van der Waals surface area (Å²) >= 11 is 0. The van der Waals surface area contributed by atoms with Gasteiger partial charge in [0, 0.05) is 20.1 Å². The van der Waals surface area contributed by atoms with E-state index < -0.39 is 11.2 Å². The average molecular weight is 352 g/mol. The first-order chi connectivity index (χ1) is 11.8. The second kappa shape index (κ2) is 9.56. The lowest BCUT2D eigenvalue weighted by Crippen LogP contribution is -2.40. The molecule has 142 valence electrons. The van der Waals surface area contributed by atoms with Crippen LogP contribution in [-0.4, -0.2) is 50.5 Å². The Labute approximate surface area is 149 Å². The SMILES string of the molecule is CCC(=N[C@@H](C)CCCN(CC)CC)c1c(O)n(C)c(=O)n(C)c1=O. The molecule has 0 saturated carbocycles. The normalized spacial score (nSPS) is 13.5. The van der Waals surface area contributed by atoms with E-state index in [0.717, 1.165) is 41.6 Å². The first-order valence-electron chi connectivity index (χ1n) is 9.06. The number of hydrogen-bond acceptors (Lipinski definition) is 5. The van der Waals surface area contributed by atoms with Crippen LogP contribution in [-0.2, 0) is 14.1 Å². The van der Waals surface area contributed by atoms with Gasteiger partial charge >= 0.3 is 5.69 Å². The molecule has 1 heterocycles. The van der Waals surface area contributed by atoms with Crippen LogP contribution < -0.4 is 11.2 Å². The Morgan fingerprint density at radius 3 is 2.28 bits per heavy atom. The number of aromatic hydroxyl groups is 1. The van der Waals surface area contributed by atoms with Crippen molar-refractivity contribution in [3.8, 4) is 5.88 Å². The zero-order chi connectivity index (χ0) is 19.1. The molecule has 25 heavy (non-hydrogen) atoms. The van der Waals surface area contributed by atoms with Crippen molar-refractivity contribution in [1.29, 1.82) is 0 Å². The molecule has 0 amide bonds. The minimum absolute atomic E-state index is 0.0480. The van der Waals surface area contributed by atoms with Gasteiger partial charge in [-0.3, -0.25) is 18.9 Å². The maximum atomic E-state index is 12.4. The van der Waals surface area contributed by atoms with Gasteiger partial charge in [0.15, 0.2) is 0 Å². The van der Waals surface area contributed by atoms with Crippen molar-refractivity contribution in [2.24, 2.45) is 19.1 Å². The van der Waals surface area contributed by atoms with Gasteiger partial charge in [-0.25, -0.2) is 4.79 Å². The van der Waals surface area contributed by atoms with Crippen molar-refractivity contribution >= 4 is 5.71 Å². The minimum Gasteiger partial charge on any atom is -0.494 e. The van der Waals surface area contributed by atoms with Crippen LogP contribution in [0, 0.1) is 0 Å². The van der Waals surface area contributed by atoms with E-state index in [0.29, 0.717) is 12.1 Å². The summed E-state index contributed by atoms with van der Waals surface area (Å²) < 4.78 is 2.08. The molecule has 7 heteroatoms. The quantitative estimate of drug-likeness (QED) is 0.683. The molecule has 1 N–H and O–H groups in total. The average Bonchev–Trinajstić information content (AvgIpc) is 2.61. The first-order valence-corrected chi connectivity index (χ1v) is 9.06. The summed E-state index contributed by atoms with van der Waals surface area (Å²) in [6, 6.07) is 0.0480. The zero-order valence-electron chi connectivity index (χ0n) is 16.4. The number of aromatic nitrogens is 2. The van der Waals surface area contributed by atoms with Gasteiger partial charge in [-0.2, -0.15) is 0 Å². The van der Waals surface area contributed by atoms with Crippen LogP contribution in [0.25, 0.3) is 0 Å². The lowest BCUT2D eigenvalue weighted by molar-refractivity contribution is 0.294. The maximum absolute atomic E-state index is 12.4. The van der Waals surface area contributed by atoms with Gasteiger partial charge < -0.3 is 10.0 Å². The van der Waals surface area contributed by atoms with Crippen LogP contribution in [0.15, 0.2) is 14.6 Å². The molecule has 7 nitrogen and oxygen atoms in total. The molecule has 1 aromatic heterocycles.